The molecule has 0 aliphatic rings. The fourth-order valence-corrected chi connectivity index (χ4v) is 1.02. The van der Waals surface area contributed by atoms with Crippen LogP contribution >= 0.6 is 0 Å². The van der Waals surface area contributed by atoms with Crippen molar-refractivity contribution in [3.05, 3.63) is 48.6 Å². The predicted molar refractivity (Wildman–Crippen MR) is 50.2 cm³/mol. The van der Waals surface area contributed by atoms with Crippen molar-refractivity contribution in [1.82, 2.24) is 0 Å². The molecule has 0 amide bonds. The minimum atomic E-state index is -0.978. The molecule has 1 aromatic rings. The number of hydrogen-bond donors (Lipinski definition) is 1. The number of aliphatic hydroxyl groups excluding tert-OH is 1. The van der Waals surface area contributed by atoms with Gasteiger partial charge >= 0.3 is 0 Å². The summed E-state index contributed by atoms with van der Waals surface area (Å²) in [6, 6.07) is 10.1. The quantitative estimate of drug-likeness (QED) is 0.697. The van der Waals surface area contributed by atoms with Crippen LogP contribution in [-0.2, 0) is 11.2 Å². The van der Waals surface area contributed by atoms with Gasteiger partial charge in [0.1, 0.15) is 6.10 Å². The minimum absolute atomic E-state index is 0.322. The Bertz CT molecular complexity index is 290. The van der Waals surface area contributed by atoms with E-state index in [-0.39, 0.29) is 5.78 Å². The van der Waals surface area contributed by atoms with E-state index in [2.05, 4.69) is 12.6 Å². The second-order valence-electron chi connectivity index (χ2n) is 2.74. The molecule has 1 radical (unpaired) electrons. The Morgan fingerprint density at radius 3 is 3.08 bits per heavy atom. The third-order valence-corrected chi connectivity index (χ3v) is 1.73. The maximum absolute atomic E-state index is 10.9. The average Bonchev–Trinajstić information content (AvgIpc) is 2.18. The summed E-state index contributed by atoms with van der Waals surface area (Å²) < 4.78 is 0. The van der Waals surface area contributed by atoms with Crippen LogP contribution < -0.4 is 0 Å². The van der Waals surface area contributed by atoms with Gasteiger partial charge in [-0.25, -0.2) is 0 Å². The normalized spacial score (nSPS) is 12.1. The summed E-state index contributed by atoms with van der Waals surface area (Å²) in [4.78, 5) is 10.9. The van der Waals surface area contributed by atoms with Crippen LogP contribution in [0.4, 0.5) is 0 Å². The molecule has 0 saturated carbocycles. The van der Waals surface area contributed by atoms with Gasteiger partial charge in [-0.1, -0.05) is 30.8 Å². The van der Waals surface area contributed by atoms with Crippen molar-refractivity contribution >= 4 is 5.78 Å². The second kappa shape index (κ2) is 4.58. The van der Waals surface area contributed by atoms with E-state index in [1.165, 1.54) is 0 Å². The molecule has 1 atom stereocenters. The highest BCUT2D eigenvalue weighted by Gasteiger charge is 2.11. The topological polar surface area (TPSA) is 37.3 Å². The van der Waals surface area contributed by atoms with Crippen LogP contribution in [0.1, 0.15) is 5.56 Å². The van der Waals surface area contributed by atoms with Crippen molar-refractivity contribution in [3.63, 3.8) is 0 Å². The molecule has 67 valence electrons. The number of hydrogen-bond acceptors (Lipinski definition) is 2. The molecule has 0 aliphatic carbocycles. The molecule has 13 heavy (non-hydrogen) atoms. The van der Waals surface area contributed by atoms with Crippen LogP contribution in [0, 0.1) is 6.07 Å². The van der Waals surface area contributed by atoms with Gasteiger partial charge < -0.3 is 5.11 Å². The van der Waals surface area contributed by atoms with Gasteiger partial charge in [0.2, 0.25) is 0 Å². The summed E-state index contributed by atoms with van der Waals surface area (Å²) >= 11 is 0. The van der Waals surface area contributed by atoms with E-state index < -0.39 is 6.10 Å². The van der Waals surface area contributed by atoms with Gasteiger partial charge in [-0.15, -0.1) is 0 Å². The summed E-state index contributed by atoms with van der Waals surface area (Å²) in [5, 5.41) is 9.34. The van der Waals surface area contributed by atoms with Crippen molar-refractivity contribution in [2.75, 3.05) is 0 Å². The lowest BCUT2D eigenvalue weighted by molar-refractivity contribution is -0.122. The SMILES string of the molecule is C=CC(=O)C(O)Cc1c[c]ccc1. The first-order valence-electron chi connectivity index (χ1n) is 4.03. The predicted octanol–water partition coefficient (Wildman–Crippen LogP) is 1.15. The average molecular weight is 175 g/mol. The number of carbonyl (C=O) groups is 1. The maximum atomic E-state index is 10.9. The van der Waals surface area contributed by atoms with Gasteiger partial charge in [-0.3, -0.25) is 4.79 Å². The van der Waals surface area contributed by atoms with Crippen molar-refractivity contribution < 1.29 is 9.90 Å². The number of carbonyl (C=O) groups excluding carboxylic acids is 1. The minimum Gasteiger partial charge on any atom is -0.385 e. The fraction of sp³-hybridized carbons (Fsp3) is 0.182. The molecule has 0 aromatic heterocycles. The molecule has 2 heteroatoms. The van der Waals surface area contributed by atoms with Crippen molar-refractivity contribution in [2.45, 2.75) is 12.5 Å². The third kappa shape index (κ3) is 2.84. The smallest absolute Gasteiger partial charge is 0.183 e. The van der Waals surface area contributed by atoms with Crippen LogP contribution in [0.5, 0.6) is 0 Å². The molecule has 0 saturated heterocycles. The molecule has 2 nitrogen and oxygen atoms in total. The summed E-state index contributed by atoms with van der Waals surface area (Å²) in [5.74, 6) is -0.344. The molecular formula is C11H11O2. The highest BCUT2D eigenvalue weighted by Crippen LogP contribution is 2.03. The Morgan fingerprint density at radius 2 is 2.54 bits per heavy atom. The summed E-state index contributed by atoms with van der Waals surface area (Å²) in [6.07, 6.45) is 0.479. The lowest BCUT2D eigenvalue weighted by atomic mass is 10.1. The number of ketones is 1. The number of rotatable bonds is 4. The summed E-state index contributed by atoms with van der Waals surface area (Å²) in [6.45, 7) is 3.31. The van der Waals surface area contributed by atoms with Gasteiger partial charge in [0.15, 0.2) is 5.78 Å². The van der Waals surface area contributed by atoms with Gasteiger partial charge in [0.05, 0.1) is 0 Å². The van der Waals surface area contributed by atoms with E-state index in [9.17, 15) is 9.90 Å². The second-order valence-corrected chi connectivity index (χ2v) is 2.74. The zero-order chi connectivity index (χ0) is 9.68. The van der Waals surface area contributed by atoms with E-state index in [4.69, 9.17) is 0 Å². The molecule has 0 bridgehead atoms. The molecule has 0 heterocycles. The lowest BCUT2D eigenvalue weighted by Gasteiger charge is -2.05. The fourth-order valence-electron chi connectivity index (χ4n) is 1.02. The van der Waals surface area contributed by atoms with Crippen LogP contribution in [0.15, 0.2) is 36.9 Å². The molecule has 0 spiro atoms. The third-order valence-electron chi connectivity index (χ3n) is 1.73. The summed E-state index contributed by atoms with van der Waals surface area (Å²) in [7, 11) is 0. The first-order valence-corrected chi connectivity index (χ1v) is 4.03. The number of benzene rings is 1. The zero-order valence-electron chi connectivity index (χ0n) is 7.23. The molecule has 1 aromatic carbocycles. The largest absolute Gasteiger partial charge is 0.385 e. The molecule has 0 fully saturated rings. The van der Waals surface area contributed by atoms with E-state index in [1.54, 1.807) is 12.1 Å². The zero-order valence-corrected chi connectivity index (χ0v) is 7.23. The van der Waals surface area contributed by atoms with E-state index >= 15 is 0 Å². The van der Waals surface area contributed by atoms with Gasteiger partial charge in [-0.2, -0.15) is 0 Å². The highest BCUT2D eigenvalue weighted by molar-refractivity contribution is 5.92. The Kier molecular flexibility index (Phi) is 3.41. The Balaban J connectivity index is 2.60. The van der Waals surface area contributed by atoms with E-state index in [1.807, 2.05) is 12.1 Å². The van der Waals surface area contributed by atoms with E-state index in [0.717, 1.165) is 11.6 Å². The highest BCUT2D eigenvalue weighted by atomic mass is 16.3. The van der Waals surface area contributed by atoms with E-state index in [0.29, 0.717) is 6.42 Å². The van der Waals surface area contributed by atoms with Gasteiger partial charge in [0, 0.05) is 6.42 Å². The Morgan fingerprint density at radius 1 is 1.77 bits per heavy atom. The summed E-state index contributed by atoms with van der Waals surface area (Å²) in [5.41, 5.74) is 0.894. The molecule has 1 rings (SSSR count). The lowest BCUT2D eigenvalue weighted by Crippen LogP contribution is -2.20. The van der Waals surface area contributed by atoms with Crippen LogP contribution in [-0.4, -0.2) is 17.0 Å². The van der Waals surface area contributed by atoms with Crippen molar-refractivity contribution in [2.24, 2.45) is 0 Å². The molecular weight excluding hydrogens is 164 g/mol. The van der Waals surface area contributed by atoms with Crippen LogP contribution in [0.2, 0.25) is 0 Å². The maximum Gasteiger partial charge on any atom is 0.183 e. The molecule has 1 N–H and O–H groups in total. The monoisotopic (exact) mass is 175 g/mol. The van der Waals surface area contributed by atoms with Crippen LogP contribution in [0.25, 0.3) is 0 Å². The molecule has 0 aliphatic heterocycles. The van der Waals surface area contributed by atoms with Gasteiger partial charge in [0.25, 0.3) is 0 Å². The van der Waals surface area contributed by atoms with Crippen molar-refractivity contribution in [3.8, 4) is 0 Å². The number of aliphatic hydroxyl groups is 1. The van der Waals surface area contributed by atoms with Crippen molar-refractivity contribution in [1.29, 1.82) is 0 Å². The van der Waals surface area contributed by atoms with Crippen LogP contribution in [0.3, 0.4) is 0 Å². The Hall–Kier alpha value is -1.41. The van der Waals surface area contributed by atoms with Gasteiger partial charge in [-0.05, 0) is 17.7 Å². The first-order chi connectivity index (χ1) is 6.24. The first kappa shape index (κ1) is 9.68. The molecule has 1 unspecified atom stereocenters. The Labute approximate surface area is 77.5 Å². The standard InChI is InChI=1S/C11H11O2/c1-2-10(12)11(13)8-9-6-4-3-5-7-9/h2-4,6-7,11,13H,1,8H2.